The maximum absolute atomic E-state index is 12.6. The van der Waals surface area contributed by atoms with Crippen LogP contribution in [-0.2, 0) is 4.79 Å². The Morgan fingerprint density at radius 1 is 1.19 bits per heavy atom. The molecule has 0 radical (unpaired) electrons. The maximum atomic E-state index is 12.6. The lowest BCUT2D eigenvalue weighted by atomic mass is 10.0. The average molecular weight is 287 g/mol. The summed E-state index contributed by atoms with van der Waals surface area (Å²) in [5.41, 5.74) is 8.26. The molecule has 21 heavy (non-hydrogen) atoms. The lowest BCUT2D eigenvalue weighted by molar-refractivity contribution is -0.131. The van der Waals surface area contributed by atoms with Crippen molar-refractivity contribution in [2.75, 3.05) is 26.2 Å². The number of carbonyl (C=O) groups is 1. The Bertz CT molecular complexity index is 493. The predicted octanol–water partition coefficient (Wildman–Crippen LogP) is 1.69. The Kier molecular flexibility index (Phi) is 4.27. The molecule has 2 N–H and O–H groups in total. The number of aryl methyl sites for hydroxylation is 1. The third kappa shape index (κ3) is 3.11. The second-order valence-corrected chi connectivity index (χ2v) is 6.36. The van der Waals surface area contributed by atoms with Crippen LogP contribution in [0.1, 0.15) is 36.4 Å². The van der Waals surface area contributed by atoms with Crippen molar-refractivity contribution in [3.63, 3.8) is 0 Å². The van der Waals surface area contributed by atoms with Gasteiger partial charge in [-0.2, -0.15) is 0 Å². The third-order valence-electron chi connectivity index (χ3n) is 4.83. The van der Waals surface area contributed by atoms with Gasteiger partial charge in [0.25, 0.3) is 0 Å². The van der Waals surface area contributed by atoms with E-state index < -0.39 is 6.04 Å². The Morgan fingerprint density at radius 2 is 1.86 bits per heavy atom. The number of carbonyl (C=O) groups excluding carboxylic acids is 1. The maximum Gasteiger partial charge on any atom is 0.244 e. The van der Waals surface area contributed by atoms with Crippen molar-refractivity contribution in [2.24, 2.45) is 5.73 Å². The van der Waals surface area contributed by atoms with Crippen molar-refractivity contribution in [1.82, 2.24) is 9.80 Å². The minimum Gasteiger partial charge on any atom is -0.339 e. The Labute approximate surface area is 126 Å². The summed E-state index contributed by atoms with van der Waals surface area (Å²) in [5, 5.41) is 0. The molecule has 4 heteroatoms. The molecule has 0 saturated carbocycles. The van der Waals surface area contributed by atoms with E-state index in [2.05, 4.69) is 4.90 Å². The first-order valence-corrected chi connectivity index (χ1v) is 8.00. The molecule has 0 spiro atoms. The molecule has 4 nitrogen and oxygen atoms in total. The van der Waals surface area contributed by atoms with Gasteiger partial charge in [0.2, 0.25) is 5.91 Å². The minimum absolute atomic E-state index is 0.0700. The van der Waals surface area contributed by atoms with E-state index in [1.165, 1.54) is 31.5 Å². The number of likely N-dealkylation sites (tertiary alicyclic amines) is 2. The quantitative estimate of drug-likeness (QED) is 0.920. The predicted molar refractivity (Wildman–Crippen MR) is 83.9 cm³/mol. The normalized spacial score (nSPS) is 24.5. The van der Waals surface area contributed by atoms with Gasteiger partial charge in [0.15, 0.2) is 0 Å². The van der Waals surface area contributed by atoms with Crippen LogP contribution in [0.3, 0.4) is 0 Å². The smallest absolute Gasteiger partial charge is 0.244 e. The van der Waals surface area contributed by atoms with Crippen molar-refractivity contribution in [1.29, 1.82) is 0 Å². The lowest BCUT2D eigenvalue weighted by Crippen LogP contribution is -2.40. The van der Waals surface area contributed by atoms with Gasteiger partial charge < -0.3 is 10.6 Å². The summed E-state index contributed by atoms with van der Waals surface area (Å²) in [6.45, 7) is 6.11. The Balaban J connectivity index is 1.61. The van der Waals surface area contributed by atoms with Gasteiger partial charge in [-0.15, -0.1) is 0 Å². The number of nitrogens with zero attached hydrogens (tertiary/aromatic N) is 2. The zero-order chi connectivity index (χ0) is 14.8. The van der Waals surface area contributed by atoms with Crippen LogP contribution in [0.4, 0.5) is 0 Å². The second-order valence-electron chi connectivity index (χ2n) is 6.36. The van der Waals surface area contributed by atoms with Crippen LogP contribution in [0, 0.1) is 6.92 Å². The first-order chi connectivity index (χ1) is 10.1. The van der Waals surface area contributed by atoms with Gasteiger partial charge in [-0.3, -0.25) is 9.69 Å². The van der Waals surface area contributed by atoms with E-state index in [4.69, 9.17) is 5.73 Å². The molecule has 2 atom stereocenters. The lowest BCUT2D eigenvalue weighted by Gasteiger charge is -2.25. The summed E-state index contributed by atoms with van der Waals surface area (Å²) >= 11 is 0. The monoisotopic (exact) mass is 287 g/mol. The zero-order valence-electron chi connectivity index (χ0n) is 12.8. The van der Waals surface area contributed by atoms with Crippen LogP contribution >= 0.6 is 0 Å². The number of hydrogen-bond acceptors (Lipinski definition) is 3. The molecule has 1 aromatic carbocycles. The first-order valence-electron chi connectivity index (χ1n) is 8.00. The second kappa shape index (κ2) is 6.16. The van der Waals surface area contributed by atoms with Gasteiger partial charge in [-0.1, -0.05) is 29.8 Å². The van der Waals surface area contributed by atoms with E-state index in [1.807, 2.05) is 36.1 Å². The fourth-order valence-electron chi connectivity index (χ4n) is 3.46. The molecule has 0 aliphatic carbocycles. The van der Waals surface area contributed by atoms with Crippen molar-refractivity contribution < 1.29 is 4.79 Å². The standard InChI is InChI=1S/C17H25N3O/c1-13-4-6-14(7-5-13)16(18)17(21)20-11-8-15(12-20)19-9-2-3-10-19/h4-7,15-16H,2-3,8-12,18H2,1H3. The molecule has 2 aliphatic heterocycles. The highest BCUT2D eigenvalue weighted by Crippen LogP contribution is 2.23. The molecule has 2 heterocycles. The van der Waals surface area contributed by atoms with Gasteiger partial charge in [0.1, 0.15) is 6.04 Å². The van der Waals surface area contributed by atoms with Crippen LogP contribution in [0.2, 0.25) is 0 Å². The van der Waals surface area contributed by atoms with Crippen LogP contribution in [0.5, 0.6) is 0 Å². The molecule has 1 aromatic rings. The van der Waals surface area contributed by atoms with E-state index in [1.54, 1.807) is 0 Å². The Morgan fingerprint density at radius 3 is 2.52 bits per heavy atom. The highest BCUT2D eigenvalue weighted by Gasteiger charge is 2.33. The summed E-state index contributed by atoms with van der Waals surface area (Å²) in [5.74, 6) is 0.0700. The number of nitrogens with two attached hydrogens (primary N) is 1. The van der Waals surface area contributed by atoms with Gasteiger partial charge in [-0.05, 0) is 44.8 Å². The van der Waals surface area contributed by atoms with Crippen molar-refractivity contribution in [2.45, 2.75) is 38.3 Å². The third-order valence-corrected chi connectivity index (χ3v) is 4.83. The van der Waals surface area contributed by atoms with Gasteiger partial charge in [0, 0.05) is 19.1 Å². The van der Waals surface area contributed by atoms with Crippen molar-refractivity contribution in [3.05, 3.63) is 35.4 Å². The zero-order valence-corrected chi connectivity index (χ0v) is 12.8. The van der Waals surface area contributed by atoms with Crippen LogP contribution in [0.25, 0.3) is 0 Å². The molecule has 2 unspecified atom stereocenters. The molecule has 3 rings (SSSR count). The molecule has 2 fully saturated rings. The van der Waals surface area contributed by atoms with Crippen LogP contribution in [0.15, 0.2) is 24.3 Å². The van der Waals surface area contributed by atoms with E-state index >= 15 is 0 Å². The SMILES string of the molecule is Cc1ccc(C(N)C(=O)N2CCC(N3CCCC3)C2)cc1. The largest absolute Gasteiger partial charge is 0.339 e. The Hall–Kier alpha value is -1.39. The van der Waals surface area contributed by atoms with Crippen molar-refractivity contribution >= 4 is 5.91 Å². The van der Waals surface area contributed by atoms with Gasteiger partial charge >= 0.3 is 0 Å². The number of hydrogen-bond donors (Lipinski definition) is 1. The summed E-state index contributed by atoms with van der Waals surface area (Å²) in [6, 6.07) is 7.97. The molecule has 0 bridgehead atoms. The van der Waals surface area contributed by atoms with Crippen molar-refractivity contribution in [3.8, 4) is 0 Å². The van der Waals surface area contributed by atoms with E-state index in [-0.39, 0.29) is 5.91 Å². The van der Waals surface area contributed by atoms with Crippen LogP contribution in [-0.4, -0.2) is 47.9 Å². The van der Waals surface area contributed by atoms with Gasteiger partial charge in [0.05, 0.1) is 0 Å². The summed E-state index contributed by atoms with van der Waals surface area (Å²) in [6.07, 6.45) is 3.69. The number of benzene rings is 1. The first kappa shape index (κ1) is 14.5. The molecule has 2 aliphatic rings. The molecule has 0 aromatic heterocycles. The number of rotatable bonds is 3. The topological polar surface area (TPSA) is 49.6 Å². The van der Waals surface area contributed by atoms with Crippen LogP contribution < -0.4 is 5.73 Å². The fraction of sp³-hybridized carbons (Fsp3) is 0.588. The minimum atomic E-state index is -0.525. The molecule has 2 saturated heterocycles. The molecule has 1 amide bonds. The fourth-order valence-corrected chi connectivity index (χ4v) is 3.46. The average Bonchev–Trinajstić information content (AvgIpc) is 3.17. The highest BCUT2D eigenvalue weighted by atomic mass is 16.2. The molecular formula is C17H25N3O. The van der Waals surface area contributed by atoms with Gasteiger partial charge in [-0.25, -0.2) is 0 Å². The molecular weight excluding hydrogens is 262 g/mol. The molecule has 114 valence electrons. The summed E-state index contributed by atoms with van der Waals surface area (Å²) < 4.78 is 0. The van der Waals surface area contributed by atoms with E-state index in [0.29, 0.717) is 6.04 Å². The van der Waals surface area contributed by atoms with E-state index in [0.717, 1.165) is 25.1 Å². The summed E-state index contributed by atoms with van der Waals surface area (Å²) in [4.78, 5) is 17.1. The summed E-state index contributed by atoms with van der Waals surface area (Å²) in [7, 11) is 0. The van der Waals surface area contributed by atoms with E-state index in [9.17, 15) is 4.79 Å². The number of amides is 1. The highest BCUT2D eigenvalue weighted by molar-refractivity contribution is 5.83.